The minimum Gasteiger partial charge on any atom is -0.493 e. The molecule has 1 heterocycles. The largest absolute Gasteiger partial charge is 0.493 e. The molecule has 0 saturated heterocycles. The van der Waals surface area contributed by atoms with E-state index in [2.05, 4.69) is 15.6 Å². The van der Waals surface area contributed by atoms with Crippen molar-refractivity contribution in [2.24, 2.45) is 0 Å². The molecule has 3 aromatic rings. The van der Waals surface area contributed by atoms with Gasteiger partial charge in [-0.3, -0.25) is 9.59 Å². The third kappa shape index (κ3) is 6.07. The predicted molar refractivity (Wildman–Crippen MR) is 125 cm³/mol. The van der Waals surface area contributed by atoms with Crippen LogP contribution >= 0.6 is 11.3 Å². The molecule has 10 heteroatoms. The number of esters is 1. The molecule has 2 N–H and O–H groups in total. The minimum absolute atomic E-state index is 0.0541. The first-order chi connectivity index (χ1) is 15.8. The number of amides is 2. The number of hydrogen-bond acceptors (Lipinski definition) is 8. The Kier molecular flexibility index (Phi) is 7.62. The molecule has 0 spiro atoms. The molecule has 2 aromatic carbocycles. The number of benzene rings is 2. The van der Waals surface area contributed by atoms with Crippen molar-refractivity contribution < 1.29 is 28.6 Å². The number of anilines is 2. The van der Waals surface area contributed by atoms with Crippen LogP contribution in [0.3, 0.4) is 0 Å². The second kappa shape index (κ2) is 10.6. The van der Waals surface area contributed by atoms with Gasteiger partial charge in [-0.2, -0.15) is 0 Å². The predicted octanol–water partition coefficient (Wildman–Crippen LogP) is 4.10. The van der Waals surface area contributed by atoms with Crippen LogP contribution in [-0.2, 0) is 20.9 Å². The van der Waals surface area contributed by atoms with Crippen LogP contribution in [0.1, 0.15) is 29.9 Å². The van der Waals surface area contributed by atoms with Gasteiger partial charge < -0.3 is 24.8 Å². The van der Waals surface area contributed by atoms with E-state index < -0.39 is 5.97 Å². The Balaban J connectivity index is 1.76. The maximum absolute atomic E-state index is 12.6. The van der Waals surface area contributed by atoms with Crippen molar-refractivity contribution in [2.45, 2.75) is 20.5 Å². The van der Waals surface area contributed by atoms with Gasteiger partial charge in [-0.15, -0.1) is 11.3 Å². The first-order valence-corrected chi connectivity index (χ1v) is 10.7. The lowest BCUT2D eigenvalue weighted by Crippen LogP contribution is -2.12. The van der Waals surface area contributed by atoms with Crippen molar-refractivity contribution in [1.82, 2.24) is 4.98 Å². The molecule has 0 aliphatic heterocycles. The molecule has 0 atom stereocenters. The summed E-state index contributed by atoms with van der Waals surface area (Å²) >= 11 is 1.38. The van der Waals surface area contributed by atoms with Crippen molar-refractivity contribution in [1.29, 1.82) is 0 Å². The Morgan fingerprint density at radius 3 is 2.21 bits per heavy atom. The highest BCUT2D eigenvalue weighted by atomic mass is 32.1. The number of nitrogens with one attached hydrogen (secondary N) is 2. The van der Waals surface area contributed by atoms with E-state index in [9.17, 15) is 14.4 Å². The number of methoxy groups -OCH3 is 2. The number of carbonyl (C=O) groups excluding carboxylic acids is 3. The first-order valence-electron chi connectivity index (χ1n) is 9.84. The summed E-state index contributed by atoms with van der Waals surface area (Å²) in [4.78, 5) is 40.0. The fourth-order valence-electron chi connectivity index (χ4n) is 3.07. The van der Waals surface area contributed by atoms with E-state index >= 15 is 0 Å². The summed E-state index contributed by atoms with van der Waals surface area (Å²) in [6.45, 7) is 2.64. The topological polar surface area (TPSA) is 116 Å². The molecule has 0 aliphatic carbocycles. The monoisotopic (exact) mass is 469 g/mol. The van der Waals surface area contributed by atoms with E-state index in [0.717, 1.165) is 5.56 Å². The summed E-state index contributed by atoms with van der Waals surface area (Å²) in [5, 5.41) is 7.68. The molecule has 0 radical (unpaired) electrons. The summed E-state index contributed by atoms with van der Waals surface area (Å²) < 4.78 is 16.2. The summed E-state index contributed by atoms with van der Waals surface area (Å²) in [5.74, 6) is -0.0813. The lowest BCUT2D eigenvalue weighted by Gasteiger charge is -2.11. The molecule has 9 nitrogen and oxygen atoms in total. The molecule has 172 valence electrons. The van der Waals surface area contributed by atoms with Gasteiger partial charge in [0, 0.05) is 30.6 Å². The minimum atomic E-state index is -0.623. The van der Waals surface area contributed by atoms with Crippen molar-refractivity contribution >= 4 is 40.5 Å². The van der Waals surface area contributed by atoms with E-state index in [4.69, 9.17) is 14.2 Å². The SMILES string of the molecule is COc1cccc(-c2nc(COC(=O)c3cc(NC(C)=O)cc(NC(C)=O)c3)cs2)c1OC. The average Bonchev–Trinajstić information content (AvgIpc) is 3.24. The molecule has 0 unspecified atom stereocenters. The van der Waals surface area contributed by atoms with E-state index in [1.54, 1.807) is 31.7 Å². The molecular formula is C23H23N3O6S. The summed E-state index contributed by atoms with van der Waals surface area (Å²) in [7, 11) is 3.12. The number of rotatable bonds is 8. The van der Waals surface area contributed by atoms with Crippen LogP contribution in [0.2, 0.25) is 0 Å². The molecule has 0 saturated carbocycles. The lowest BCUT2D eigenvalue weighted by molar-refractivity contribution is -0.115. The number of para-hydroxylation sites is 1. The fourth-order valence-corrected chi connectivity index (χ4v) is 3.90. The Morgan fingerprint density at radius 1 is 0.970 bits per heavy atom. The van der Waals surface area contributed by atoms with E-state index in [1.165, 1.54) is 37.3 Å². The third-order valence-corrected chi connectivity index (χ3v) is 5.27. The van der Waals surface area contributed by atoms with Gasteiger partial charge in [-0.05, 0) is 30.3 Å². The van der Waals surface area contributed by atoms with Gasteiger partial charge in [0.1, 0.15) is 11.6 Å². The van der Waals surface area contributed by atoms with E-state index in [-0.39, 0.29) is 24.0 Å². The molecule has 0 bridgehead atoms. The highest BCUT2D eigenvalue weighted by molar-refractivity contribution is 7.13. The van der Waals surface area contributed by atoms with Crippen LogP contribution in [0.4, 0.5) is 11.4 Å². The van der Waals surface area contributed by atoms with Crippen LogP contribution in [-0.4, -0.2) is 37.0 Å². The second-order valence-corrected chi connectivity index (χ2v) is 7.78. The first kappa shape index (κ1) is 23.7. The molecule has 1 aromatic heterocycles. The Morgan fingerprint density at radius 2 is 1.64 bits per heavy atom. The standard InChI is InChI=1S/C23H23N3O6S/c1-13(27)24-16-8-15(9-17(10-16)25-14(2)28)23(29)32-11-18-12-33-22(26-18)19-6-5-7-20(30-3)21(19)31-4/h5-10,12H,11H2,1-4H3,(H,24,27)(H,25,28). The van der Waals surface area contributed by atoms with Crippen LogP contribution in [0.5, 0.6) is 11.5 Å². The summed E-state index contributed by atoms with van der Waals surface area (Å²) in [6.07, 6.45) is 0. The highest BCUT2D eigenvalue weighted by Crippen LogP contribution is 2.39. The van der Waals surface area contributed by atoms with Crippen molar-refractivity contribution in [3.8, 4) is 22.1 Å². The Bertz CT molecular complexity index is 1160. The zero-order valence-electron chi connectivity index (χ0n) is 18.6. The number of aromatic nitrogens is 1. The smallest absolute Gasteiger partial charge is 0.338 e. The molecule has 2 amide bonds. The summed E-state index contributed by atoms with van der Waals surface area (Å²) in [6, 6.07) is 10.0. The van der Waals surface area contributed by atoms with Gasteiger partial charge in [0.15, 0.2) is 11.5 Å². The van der Waals surface area contributed by atoms with E-state index in [1.807, 2.05) is 12.1 Å². The molecular weight excluding hydrogens is 446 g/mol. The van der Waals surface area contributed by atoms with Crippen LogP contribution in [0.15, 0.2) is 41.8 Å². The molecule has 33 heavy (non-hydrogen) atoms. The number of hydrogen-bond donors (Lipinski definition) is 2. The number of nitrogens with zero attached hydrogens (tertiary/aromatic N) is 1. The lowest BCUT2D eigenvalue weighted by atomic mass is 10.1. The fraction of sp³-hybridized carbons (Fsp3) is 0.217. The van der Waals surface area contributed by atoms with Crippen molar-refractivity contribution in [3.63, 3.8) is 0 Å². The summed E-state index contributed by atoms with van der Waals surface area (Å²) in [5.41, 5.74) is 2.23. The normalized spacial score (nSPS) is 10.3. The molecule has 0 aliphatic rings. The van der Waals surface area contributed by atoms with E-state index in [0.29, 0.717) is 33.6 Å². The quantitative estimate of drug-likeness (QED) is 0.477. The van der Waals surface area contributed by atoms with Crippen LogP contribution in [0.25, 0.3) is 10.6 Å². The number of carbonyl (C=O) groups is 3. The average molecular weight is 470 g/mol. The third-order valence-electron chi connectivity index (χ3n) is 4.35. The van der Waals surface area contributed by atoms with Crippen LogP contribution < -0.4 is 20.1 Å². The zero-order valence-corrected chi connectivity index (χ0v) is 19.4. The molecule has 0 fully saturated rings. The second-order valence-electron chi connectivity index (χ2n) is 6.92. The van der Waals surface area contributed by atoms with Gasteiger partial charge >= 0.3 is 5.97 Å². The maximum atomic E-state index is 12.6. The Hall–Kier alpha value is -3.92. The highest BCUT2D eigenvalue weighted by Gasteiger charge is 2.16. The van der Waals surface area contributed by atoms with Gasteiger partial charge in [0.25, 0.3) is 0 Å². The molecule has 3 rings (SSSR count). The van der Waals surface area contributed by atoms with Crippen LogP contribution in [0, 0.1) is 0 Å². The number of thiazole rings is 1. The van der Waals surface area contributed by atoms with Gasteiger partial charge in [0.05, 0.1) is 31.0 Å². The van der Waals surface area contributed by atoms with Gasteiger partial charge in [-0.1, -0.05) is 6.07 Å². The number of ether oxygens (including phenoxy) is 3. The zero-order chi connectivity index (χ0) is 24.0. The van der Waals surface area contributed by atoms with Gasteiger partial charge in [-0.25, -0.2) is 9.78 Å². The van der Waals surface area contributed by atoms with Crippen molar-refractivity contribution in [2.75, 3.05) is 24.9 Å². The van der Waals surface area contributed by atoms with Crippen molar-refractivity contribution in [3.05, 3.63) is 53.0 Å². The Labute approximate surface area is 194 Å². The van der Waals surface area contributed by atoms with Gasteiger partial charge in [0.2, 0.25) is 11.8 Å². The maximum Gasteiger partial charge on any atom is 0.338 e.